The molecule has 3 aliphatic heterocycles. The molecule has 5 amide bonds. The van der Waals surface area contributed by atoms with Gasteiger partial charge in [-0.25, -0.2) is 19.9 Å². The highest BCUT2D eigenvalue weighted by Gasteiger charge is 2.47. The summed E-state index contributed by atoms with van der Waals surface area (Å²) in [7, 11) is 0. The van der Waals surface area contributed by atoms with Crippen LogP contribution in [0.25, 0.3) is 22.2 Å². The van der Waals surface area contributed by atoms with Crippen molar-refractivity contribution in [1.82, 2.24) is 49.9 Å². The summed E-state index contributed by atoms with van der Waals surface area (Å²) in [6, 6.07) is 11.0. The Morgan fingerprint density at radius 1 is 0.904 bits per heavy atom. The standard InChI is InChI=1S/C53H70N12O8/c1-30(2)63(34-23-31(24-34)12-18-41-60-37-16-13-32(53(3,4)5)25-38(37)61-41)27-40-45(68)46(69)52(73-40)64-29-59-44-47(57-28-58-48(44)64)56-22-10-9-21-55-42(66)11-7-6-8-20-54-33-14-15-35-36(26-33)51(72)65(50(35)71)39-17-19-43(67)62-49(39)70/h13-16,25-26,28-31,34,39-40,45-46,52,54,68-69H,6-12,17-24,27H2,1-5H3,(H,55,66)(H,60,61)(H,56,57,58)(H,62,67,70). The first-order valence-corrected chi connectivity index (χ1v) is 26.1. The number of piperidine rings is 1. The van der Waals surface area contributed by atoms with Crippen LogP contribution in [-0.2, 0) is 31.0 Å². The Balaban J connectivity index is 0.657. The molecular formula is C53H70N12O8. The molecule has 20 heteroatoms. The number of unbranched alkanes of at least 4 members (excludes halogenated alkanes) is 3. The van der Waals surface area contributed by atoms with Gasteiger partial charge in [-0.1, -0.05) is 33.3 Å². The average molecular weight is 1000 g/mol. The van der Waals surface area contributed by atoms with Crippen LogP contribution in [0.5, 0.6) is 0 Å². The van der Waals surface area contributed by atoms with Gasteiger partial charge in [0.15, 0.2) is 23.2 Å². The molecule has 0 bridgehead atoms. The Morgan fingerprint density at radius 3 is 2.45 bits per heavy atom. The van der Waals surface area contributed by atoms with Crippen LogP contribution in [-0.4, -0.2) is 142 Å². The third-order valence-corrected chi connectivity index (χ3v) is 15.0. The van der Waals surface area contributed by atoms with Crippen molar-refractivity contribution in [3.8, 4) is 0 Å². The molecular weight excluding hydrogens is 933 g/mol. The van der Waals surface area contributed by atoms with E-state index in [1.165, 1.54) is 11.9 Å². The Hall–Kier alpha value is -6.35. The van der Waals surface area contributed by atoms with E-state index in [2.05, 4.69) is 98.9 Å². The number of aliphatic hydroxyl groups excluding tert-OH is 2. The fourth-order valence-electron chi connectivity index (χ4n) is 10.6. The number of aryl methyl sites for hydroxylation is 1. The first-order valence-electron chi connectivity index (χ1n) is 26.1. The third kappa shape index (κ3) is 11.4. The minimum absolute atomic E-state index is 0.00977. The van der Waals surface area contributed by atoms with Crippen LogP contribution < -0.4 is 21.3 Å². The number of nitrogens with one attached hydrogen (secondary N) is 5. The van der Waals surface area contributed by atoms with Gasteiger partial charge in [0.25, 0.3) is 11.8 Å². The minimum Gasteiger partial charge on any atom is -0.387 e. The van der Waals surface area contributed by atoms with Crippen molar-refractivity contribution in [1.29, 1.82) is 0 Å². The molecule has 9 rings (SSSR count). The van der Waals surface area contributed by atoms with Crippen molar-refractivity contribution in [3.63, 3.8) is 0 Å². The number of amides is 5. The van der Waals surface area contributed by atoms with Crippen molar-refractivity contribution in [2.24, 2.45) is 5.92 Å². The molecule has 0 spiro atoms. The zero-order valence-corrected chi connectivity index (χ0v) is 42.5. The predicted molar refractivity (Wildman–Crippen MR) is 274 cm³/mol. The van der Waals surface area contributed by atoms with Crippen molar-refractivity contribution >= 4 is 63.2 Å². The van der Waals surface area contributed by atoms with Crippen molar-refractivity contribution in [2.45, 2.75) is 160 Å². The molecule has 390 valence electrons. The maximum atomic E-state index is 13.1. The Bertz CT molecular complexity index is 2830. The zero-order valence-electron chi connectivity index (χ0n) is 42.5. The molecule has 0 radical (unpaired) electrons. The SMILES string of the molecule is CC(C)N(CC1OC(n2cnc3c(NCCCCNC(=O)CCCCCNc4ccc5c(c4)C(=O)N(C4CCC(=O)NC4=O)C5=O)ncnc32)C(O)C1O)C1CC(CCc2nc3ccc(C(C)(C)C)cc3[nH]2)C1. The van der Waals surface area contributed by atoms with E-state index in [1.54, 1.807) is 29.1 Å². The summed E-state index contributed by atoms with van der Waals surface area (Å²) >= 11 is 0. The van der Waals surface area contributed by atoms with Gasteiger partial charge >= 0.3 is 0 Å². The van der Waals surface area contributed by atoms with E-state index in [9.17, 15) is 34.2 Å². The Kier molecular flexibility index (Phi) is 15.5. The second kappa shape index (κ2) is 22.0. The Morgan fingerprint density at radius 2 is 1.67 bits per heavy atom. The van der Waals surface area contributed by atoms with Gasteiger partial charge in [0, 0.05) is 63.2 Å². The smallest absolute Gasteiger partial charge is 0.262 e. The van der Waals surface area contributed by atoms with E-state index >= 15 is 0 Å². The number of imidazole rings is 2. The number of anilines is 2. The maximum Gasteiger partial charge on any atom is 0.262 e. The van der Waals surface area contributed by atoms with Gasteiger partial charge in [-0.3, -0.25) is 43.7 Å². The van der Waals surface area contributed by atoms with Crippen LogP contribution in [0, 0.1) is 5.92 Å². The van der Waals surface area contributed by atoms with Crippen LogP contribution in [0.3, 0.4) is 0 Å². The van der Waals surface area contributed by atoms with E-state index < -0.39 is 54.2 Å². The lowest BCUT2D eigenvalue weighted by molar-refractivity contribution is -0.136. The van der Waals surface area contributed by atoms with Crippen molar-refractivity contribution < 1.29 is 38.9 Å². The highest BCUT2D eigenvalue weighted by atomic mass is 16.6. The van der Waals surface area contributed by atoms with Gasteiger partial charge in [0.2, 0.25) is 17.7 Å². The third-order valence-electron chi connectivity index (χ3n) is 15.0. The number of carbonyl (C=O) groups is 5. The number of imide groups is 2. The van der Waals surface area contributed by atoms with Gasteiger partial charge in [-0.15, -0.1) is 0 Å². The second-order valence-corrected chi connectivity index (χ2v) is 21.5. The number of fused-ring (bicyclic) bond motifs is 3. The van der Waals surface area contributed by atoms with Crippen LogP contribution in [0.2, 0.25) is 0 Å². The zero-order chi connectivity index (χ0) is 51.6. The van der Waals surface area contributed by atoms with Crippen LogP contribution in [0.15, 0.2) is 49.1 Å². The van der Waals surface area contributed by atoms with Crippen LogP contribution >= 0.6 is 0 Å². The molecule has 73 heavy (non-hydrogen) atoms. The first-order chi connectivity index (χ1) is 35.0. The highest BCUT2D eigenvalue weighted by Crippen LogP contribution is 2.39. The van der Waals surface area contributed by atoms with Gasteiger partial charge in [-0.05, 0) is 112 Å². The minimum atomic E-state index is -1.18. The van der Waals surface area contributed by atoms with Gasteiger partial charge in [-0.2, -0.15) is 0 Å². The topological polar surface area (TPSA) is 262 Å². The van der Waals surface area contributed by atoms with E-state index in [4.69, 9.17) is 9.72 Å². The summed E-state index contributed by atoms with van der Waals surface area (Å²) < 4.78 is 8.10. The fourth-order valence-corrected chi connectivity index (χ4v) is 10.6. The molecule has 3 fully saturated rings. The number of nitrogens with zero attached hydrogens (tertiary/aromatic N) is 7. The van der Waals surface area contributed by atoms with E-state index in [-0.39, 0.29) is 41.3 Å². The quantitative estimate of drug-likeness (QED) is 0.0351. The number of H-pyrrole nitrogens is 1. The lowest BCUT2D eigenvalue weighted by atomic mass is 9.76. The molecule has 20 nitrogen and oxygen atoms in total. The summed E-state index contributed by atoms with van der Waals surface area (Å²) in [5.74, 6) is 0.00754. The predicted octanol–water partition coefficient (Wildman–Crippen LogP) is 5.12. The normalized spacial score (nSPS) is 23.2. The Labute approximate surface area is 424 Å². The van der Waals surface area contributed by atoms with E-state index in [0.717, 1.165) is 79.5 Å². The molecule has 3 aromatic heterocycles. The van der Waals surface area contributed by atoms with Crippen molar-refractivity contribution in [2.75, 3.05) is 36.8 Å². The summed E-state index contributed by atoms with van der Waals surface area (Å²) in [5, 5.41) is 34.4. The fraction of sp³-hybridized carbons (Fsp3) is 0.566. The second-order valence-electron chi connectivity index (χ2n) is 21.5. The monoisotopic (exact) mass is 1000 g/mol. The summed E-state index contributed by atoms with van der Waals surface area (Å²) in [4.78, 5) is 87.8. The molecule has 2 saturated heterocycles. The average Bonchev–Trinajstić information content (AvgIpc) is 4.09. The number of aromatic nitrogens is 6. The number of rotatable bonds is 22. The number of ether oxygens (including phenoxy) is 1. The molecule has 5 unspecified atom stereocenters. The van der Waals surface area contributed by atoms with E-state index in [0.29, 0.717) is 67.2 Å². The van der Waals surface area contributed by atoms with Gasteiger partial charge < -0.3 is 35.9 Å². The number of carbonyl (C=O) groups excluding carboxylic acids is 5. The summed E-state index contributed by atoms with van der Waals surface area (Å²) in [5.41, 5.74) is 5.61. The molecule has 1 aliphatic carbocycles. The maximum absolute atomic E-state index is 13.1. The molecule has 5 aromatic rings. The molecule has 2 aromatic carbocycles. The van der Waals surface area contributed by atoms with Crippen LogP contribution in [0.4, 0.5) is 11.5 Å². The lowest BCUT2D eigenvalue weighted by Gasteiger charge is -2.46. The first kappa shape index (κ1) is 51.5. The number of aliphatic hydroxyl groups is 2. The lowest BCUT2D eigenvalue weighted by Crippen LogP contribution is -2.54. The molecule has 6 heterocycles. The van der Waals surface area contributed by atoms with Crippen LogP contribution in [0.1, 0.15) is 144 Å². The molecule has 5 atom stereocenters. The molecule has 1 saturated carbocycles. The molecule has 7 N–H and O–H groups in total. The highest BCUT2D eigenvalue weighted by molar-refractivity contribution is 6.23. The summed E-state index contributed by atoms with van der Waals surface area (Å²) in [6.07, 6.45) is 7.77. The summed E-state index contributed by atoms with van der Waals surface area (Å²) in [6.45, 7) is 13.2. The van der Waals surface area contributed by atoms with E-state index in [1.807, 2.05) is 0 Å². The molecule has 4 aliphatic rings. The largest absolute Gasteiger partial charge is 0.387 e. The number of hydrogen-bond donors (Lipinski definition) is 7. The number of aromatic amines is 1. The van der Waals surface area contributed by atoms with Crippen molar-refractivity contribution in [3.05, 3.63) is 71.6 Å². The number of hydrogen-bond acceptors (Lipinski definition) is 15. The van der Waals surface area contributed by atoms with Gasteiger partial charge in [0.1, 0.15) is 36.5 Å². The van der Waals surface area contributed by atoms with Gasteiger partial charge in [0.05, 0.1) is 28.5 Å². The number of benzene rings is 2.